The molecule has 0 radical (unpaired) electrons. The van der Waals surface area contributed by atoms with E-state index >= 15 is 0 Å². The zero-order chi connectivity index (χ0) is 14.5. The molecule has 0 saturated heterocycles. The van der Waals surface area contributed by atoms with E-state index in [0.717, 1.165) is 10.0 Å². The number of halogens is 1. The fourth-order valence-corrected chi connectivity index (χ4v) is 3.09. The van der Waals surface area contributed by atoms with Crippen LogP contribution in [0.2, 0.25) is 0 Å². The molecule has 104 valence electrons. The lowest BCUT2D eigenvalue weighted by Gasteiger charge is -2.17. The lowest BCUT2D eigenvalue weighted by atomic mass is 10.2. The van der Waals surface area contributed by atoms with Crippen LogP contribution in [0.5, 0.6) is 0 Å². The molecule has 0 aliphatic heterocycles. The van der Waals surface area contributed by atoms with Gasteiger partial charge in [-0.1, -0.05) is 21.9 Å². The molecule has 0 N–H and O–H groups in total. The van der Waals surface area contributed by atoms with Gasteiger partial charge in [0.25, 0.3) is 0 Å². The number of rotatable bonds is 4. The van der Waals surface area contributed by atoms with E-state index in [4.69, 9.17) is 9.05 Å². The number of benzene rings is 1. The Bertz CT molecular complexity index is 498. The van der Waals surface area contributed by atoms with Crippen molar-refractivity contribution in [3.63, 3.8) is 0 Å². The van der Waals surface area contributed by atoms with Crippen LogP contribution in [0.25, 0.3) is 0 Å². The zero-order valence-corrected chi connectivity index (χ0v) is 14.0. The average Bonchev–Trinajstić information content (AvgIpc) is 2.26. The summed E-state index contributed by atoms with van der Waals surface area (Å²) in [5.41, 5.74) is 3.41. The first-order valence-electron chi connectivity index (χ1n) is 6.06. The fourth-order valence-electron chi connectivity index (χ4n) is 1.30. The molecule has 0 spiro atoms. The second kappa shape index (κ2) is 7.26. The highest BCUT2D eigenvalue weighted by atomic mass is 79.9. The van der Waals surface area contributed by atoms with Gasteiger partial charge in [0.1, 0.15) is 0 Å². The molecule has 0 bridgehead atoms. The Labute approximate surface area is 123 Å². The predicted octanol–water partition coefficient (Wildman–Crippen LogP) is 4.80. The lowest BCUT2D eigenvalue weighted by molar-refractivity contribution is 0.151. The van der Waals surface area contributed by atoms with Crippen LogP contribution >= 0.6 is 23.5 Å². The standard InChI is InChI=1S/C14H18BrO3P/c1-11(2)17-19(16,18-12(3)4)10-9-13-5-7-14(15)8-6-13/h5-8,11-12H,1-4H3. The number of hydrogen-bond acceptors (Lipinski definition) is 3. The van der Waals surface area contributed by atoms with E-state index in [0.29, 0.717) is 0 Å². The molecule has 0 unspecified atom stereocenters. The molecule has 1 rings (SSSR count). The van der Waals surface area contributed by atoms with Crippen molar-refractivity contribution >= 4 is 23.5 Å². The molecular weight excluding hydrogens is 327 g/mol. The normalized spacial score (nSPS) is 11.5. The van der Waals surface area contributed by atoms with Gasteiger partial charge in [-0.3, -0.25) is 9.05 Å². The lowest BCUT2D eigenvalue weighted by Crippen LogP contribution is -2.06. The topological polar surface area (TPSA) is 35.5 Å². The Hall–Kier alpha value is -0.590. The minimum atomic E-state index is -3.38. The fraction of sp³-hybridized carbons (Fsp3) is 0.429. The summed E-state index contributed by atoms with van der Waals surface area (Å²) in [6.45, 7) is 7.21. The molecule has 19 heavy (non-hydrogen) atoms. The van der Waals surface area contributed by atoms with Gasteiger partial charge < -0.3 is 0 Å². The zero-order valence-electron chi connectivity index (χ0n) is 11.5. The summed E-state index contributed by atoms with van der Waals surface area (Å²) in [6, 6.07) is 7.43. The molecular formula is C14H18BrO3P. The molecule has 0 aliphatic carbocycles. The smallest absolute Gasteiger partial charge is 0.297 e. The molecule has 0 heterocycles. The van der Waals surface area contributed by atoms with Crippen LogP contribution in [-0.2, 0) is 13.6 Å². The van der Waals surface area contributed by atoms with E-state index in [1.165, 1.54) is 0 Å². The van der Waals surface area contributed by atoms with Crippen molar-refractivity contribution in [2.24, 2.45) is 0 Å². The van der Waals surface area contributed by atoms with Crippen LogP contribution in [0.4, 0.5) is 0 Å². The van der Waals surface area contributed by atoms with E-state index in [1.807, 2.05) is 24.3 Å². The van der Waals surface area contributed by atoms with Gasteiger partial charge in [0, 0.05) is 15.7 Å². The van der Waals surface area contributed by atoms with E-state index in [1.54, 1.807) is 27.7 Å². The second-order valence-corrected chi connectivity index (χ2v) is 7.11. The van der Waals surface area contributed by atoms with E-state index in [9.17, 15) is 4.57 Å². The van der Waals surface area contributed by atoms with Gasteiger partial charge in [0.15, 0.2) is 0 Å². The minimum Gasteiger partial charge on any atom is -0.297 e. The Morgan fingerprint density at radius 1 is 1.05 bits per heavy atom. The summed E-state index contributed by atoms with van der Waals surface area (Å²) < 4.78 is 24.1. The Morgan fingerprint density at radius 3 is 1.95 bits per heavy atom. The Balaban J connectivity index is 2.95. The maximum atomic E-state index is 12.4. The van der Waals surface area contributed by atoms with Crippen LogP contribution in [0.15, 0.2) is 28.7 Å². The molecule has 0 amide bonds. The third kappa shape index (κ3) is 6.40. The summed E-state index contributed by atoms with van der Waals surface area (Å²) >= 11 is 3.35. The average molecular weight is 345 g/mol. The van der Waals surface area contributed by atoms with Crippen LogP contribution < -0.4 is 0 Å². The summed E-state index contributed by atoms with van der Waals surface area (Å²) in [5.74, 6) is 2.84. The van der Waals surface area contributed by atoms with Crippen molar-refractivity contribution < 1.29 is 13.6 Å². The van der Waals surface area contributed by atoms with E-state index in [-0.39, 0.29) is 12.2 Å². The third-order valence-electron chi connectivity index (χ3n) is 1.88. The van der Waals surface area contributed by atoms with Crippen LogP contribution in [-0.4, -0.2) is 12.2 Å². The van der Waals surface area contributed by atoms with E-state index in [2.05, 4.69) is 27.5 Å². The summed E-state index contributed by atoms with van der Waals surface area (Å²) in [6.07, 6.45) is -0.410. The first-order chi connectivity index (χ1) is 8.81. The monoisotopic (exact) mass is 344 g/mol. The van der Waals surface area contributed by atoms with Crippen LogP contribution in [0.3, 0.4) is 0 Å². The van der Waals surface area contributed by atoms with Crippen LogP contribution in [0, 0.1) is 11.6 Å². The van der Waals surface area contributed by atoms with Crippen molar-refractivity contribution in [2.75, 3.05) is 0 Å². The molecule has 1 aromatic rings. The van der Waals surface area contributed by atoms with Gasteiger partial charge in [0.2, 0.25) is 0 Å². The molecule has 0 atom stereocenters. The SMILES string of the molecule is CC(C)OP(=O)(C#Cc1ccc(Br)cc1)OC(C)C. The van der Waals surface area contributed by atoms with E-state index < -0.39 is 7.60 Å². The predicted molar refractivity (Wildman–Crippen MR) is 81.1 cm³/mol. The molecule has 0 aromatic heterocycles. The van der Waals surface area contributed by atoms with Gasteiger partial charge in [0.05, 0.1) is 12.2 Å². The maximum Gasteiger partial charge on any atom is 0.406 e. The van der Waals surface area contributed by atoms with Gasteiger partial charge >= 0.3 is 7.60 Å². The highest BCUT2D eigenvalue weighted by molar-refractivity contribution is 9.10. The molecule has 0 aliphatic rings. The molecule has 5 heteroatoms. The quantitative estimate of drug-likeness (QED) is 0.581. The Morgan fingerprint density at radius 2 is 1.53 bits per heavy atom. The van der Waals surface area contributed by atoms with Crippen molar-refractivity contribution in [1.82, 2.24) is 0 Å². The minimum absolute atomic E-state index is 0.205. The van der Waals surface area contributed by atoms with Crippen molar-refractivity contribution in [3.8, 4) is 11.6 Å². The van der Waals surface area contributed by atoms with Crippen molar-refractivity contribution in [3.05, 3.63) is 34.3 Å². The Kier molecular flexibility index (Phi) is 6.29. The van der Waals surface area contributed by atoms with Crippen molar-refractivity contribution in [1.29, 1.82) is 0 Å². The molecule has 3 nitrogen and oxygen atoms in total. The highest BCUT2D eigenvalue weighted by Gasteiger charge is 2.25. The largest absolute Gasteiger partial charge is 0.406 e. The third-order valence-corrected chi connectivity index (χ3v) is 4.19. The van der Waals surface area contributed by atoms with Gasteiger partial charge in [-0.05, 0) is 52.0 Å². The molecule has 1 aromatic carbocycles. The number of hydrogen-bond donors (Lipinski definition) is 0. The summed E-state index contributed by atoms with van der Waals surface area (Å²) in [7, 11) is -3.38. The summed E-state index contributed by atoms with van der Waals surface area (Å²) in [5, 5.41) is 0. The summed E-state index contributed by atoms with van der Waals surface area (Å²) in [4.78, 5) is 0. The second-order valence-electron chi connectivity index (χ2n) is 4.55. The molecule has 0 fully saturated rings. The van der Waals surface area contributed by atoms with Gasteiger partial charge in [-0.2, -0.15) is 0 Å². The van der Waals surface area contributed by atoms with Gasteiger partial charge in [-0.25, -0.2) is 4.57 Å². The van der Waals surface area contributed by atoms with Crippen molar-refractivity contribution in [2.45, 2.75) is 39.9 Å². The van der Waals surface area contributed by atoms with Crippen LogP contribution in [0.1, 0.15) is 33.3 Å². The maximum absolute atomic E-state index is 12.4. The highest BCUT2D eigenvalue weighted by Crippen LogP contribution is 2.49. The first kappa shape index (κ1) is 16.5. The molecule has 0 saturated carbocycles. The first-order valence-corrected chi connectivity index (χ1v) is 8.40. The van der Waals surface area contributed by atoms with Gasteiger partial charge in [-0.15, -0.1) is 0 Å².